The van der Waals surface area contributed by atoms with E-state index in [0.717, 1.165) is 11.3 Å². The zero-order valence-electron chi connectivity index (χ0n) is 13.6. The van der Waals surface area contributed by atoms with E-state index >= 15 is 0 Å². The average molecular weight is 336 g/mol. The Hall–Kier alpha value is -3.28. The number of carbonyl (C=O) groups excluding carboxylic acids is 1. The molecule has 1 unspecified atom stereocenters. The summed E-state index contributed by atoms with van der Waals surface area (Å²) in [4.78, 5) is 15.9. The lowest BCUT2D eigenvalue weighted by atomic mass is 10.1. The van der Waals surface area contributed by atoms with Crippen LogP contribution < -0.4 is 5.32 Å². The van der Waals surface area contributed by atoms with Crippen molar-refractivity contribution in [2.24, 2.45) is 0 Å². The largest absolute Gasteiger partial charge is 0.346 e. The summed E-state index contributed by atoms with van der Waals surface area (Å²) in [7, 11) is 0. The fourth-order valence-corrected chi connectivity index (χ4v) is 2.38. The van der Waals surface area contributed by atoms with Gasteiger partial charge in [0.1, 0.15) is 18.5 Å². The topological polar surface area (TPSA) is 59.8 Å². The van der Waals surface area contributed by atoms with Gasteiger partial charge in [-0.25, -0.2) is 14.1 Å². The molecule has 1 amide bonds. The van der Waals surface area contributed by atoms with Gasteiger partial charge in [-0.05, 0) is 36.8 Å². The Kier molecular flexibility index (Phi) is 4.99. The van der Waals surface area contributed by atoms with Crippen molar-refractivity contribution >= 4 is 12.0 Å². The van der Waals surface area contributed by atoms with Gasteiger partial charge in [-0.2, -0.15) is 5.10 Å². The van der Waals surface area contributed by atoms with Gasteiger partial charge in [-0.15, -0.1) is 0 Å². The third-order valence-electron chi connectivity index (χ3n) is 3.75. The normalized spacial score (nSPS) is 12.2. The fraction of sp³-hybridized carbons (Fsp3) is 0.105. The smallest absolute Gasteiger partial charge is 0.244 e. The molecule has 2 aromatic carbocycles. The number of amides is 1. The van der Waals surface area contributed by atoms with E-state index in [0.29, 0.717) is 5.56 Å². The highest BCUT2D eigenvalue weighted by molar-refractivity contribution is 5.92. The van der Waals surface area contributed by atoms with Crippen LogP contribution in [0.15, 0.2) is 67.3 Å². The highest BCUT2D eigenvalue weighted by Crippen LogP contribution is 2.15. The number of hydrogen-bond acceptors (Lipinski definition) is 3. The third kappa shape index (κ3) is 4.17. The summed E-state index contributed by atoms with van der Waals surface area (Å²) < 4.78 is 15.2. The molecule has 126 valence electrons. The number of rotatable bonds is 5. The Bertz CT molecular complexity index is 873. The number of hydrogen-bond donors (Lipinski definition) is 1. The van der Waals surface area contributed by atoms with E-state index in [1.807, 2.05) is 31.2 Å². The number of carbonyl (C=O) groups is 1. The molecule has 0 radical (unpaired) electrons. The van der Waals surface area contributed by atoms with Crippen molar-refractivity contribution in [1.29, 1.82) is 0 Å². The molecule has 0 aliphatic rings. The summed E-state index contributed by atoms with van der Waals surface area (Å²) in [6.45, 7) is 1.89. The highest BCUT2D eigenvalue weighted by Gasteiger charge is 2.08. The van der Waals surface area contributed by atoms with Crippen LogP contribution >= 0.6 is 0 Å². The third-order valence-corrected chi connectivity index (χ3v) is 3.75. The van der Waals surface area contributed by atoms with E-state index < -0.39 is 0 Å². The molecule has 1 atom stereocenters. The molecule has 0 spiro atoms. The molecule has 1 heterocycles. The number of nitrogens with one attached hydrogen (secondary N) is 1. The summed E-state index contributed by atoms with van der Waals surface area (Å²) in [5, 5.41) is 6.92. The van der Waals surface area contributed by atoms with Gasteiger partial charge in [0.25, 0.3) is 0 Å². The lowest BCUT2D eigenvalue weighted by Crippen LogP contribution is -2.24. The molecule has 3 rings (SSSR count). The molecular weight excluding hydrogens is 319 g/mol. The predicted octanol–water partition coefficient (Wildman–Crippen LogP) is 3.30. The Labute approximate surface area is 144 Å². The van der Waals surface area contributed by atoms with Crippen LogP contribution in [0.3, 0.4) is 0 Å². The first-order valence-electron chi connectivity index (χ1n) is 7.81. The van der Waals surface area contributed by atoms with Gasteiger partial charge in [-0.3, -0.25) is 4.79 Å². The van der Waals surface area contributed by atoms with Gasteiger partial charge >= 0.3 is 0 Å². The van der Waals surface area contributed by atoms with Crippen LogP contribution in [-0.2, 0) is 4.79 Å². The first kappa shape index (κ1) is 16.6. The van der Waals surface area contributed by atoms with Crippen molar-refractivity contribution < 1.29 is 9.18 Å². The molecule has 1 aromatic heterocycles. The van der Waals surface area contributed by atoms with E-state index in [1.165, 1.54) is 24.5 Å². The second kappa shape index (κ2) is 7.53. The minimum Gasteiger partial charge on any atom is -0.346 e. The maximum atomic E-state index is 13.5. The second-order valence-electron chi connectivity index (χ2n) is 5.52. The quantitative estimate of drug-likeness (QED) is 0.727. The van der Waals surface area contributed by atoms with E-state index in [2.05, 4.69) is 15.4 Å². The minimum absolute atomic E-state index is 0.178. The van der Waals surface area contributed by atoms with Crippen molar-refractivity contribution in [3.8, 4) is 5.69 Å². The minimum atomic E-state index is -0.358. The van der Waals surface area contributed by atoms with Crippen LogP contribution in [0.5, 0.6) is 0 Å². The van der Waals surface area contributed by atoms with Crippen LogP contribution in [0.2, 0.25) is 0 Å². The van der Waals surface area contributed by atoms with E-state index in [4.69, 9.17) is 0 Å². The van der Waals surface area contributed by atoms with Crippen molar-refractivity contribution in [1.82, 2.24) is 20.1 Å². The van der Waals surface area contributed by atoms with E-state index in [-0.39, 0.29) is 17.8 Å². The van der Waals surface area contributed by atoms with Crippen LogP contribution in [-0.4, -0.2) is 20.7 Å². The number of halogens is 1. The summed E-state index contributed by atoms with van der Waals surface area (Å²) in [5.41, 5.74) is 2.22. The first-order valence-corrected chi connectivity index (χ1v) is 7.81. The van der Waals surface area contributed by atoms with Crippen LogP contribution in [0.4, 0.5) is 4.39 Å². The van der Waals surface area contributed by atoms with Crippen molar-refractivity contribution in [2.75, 3.05) is 0 Å². The van der Waals surface area contributed by atoms with Crippen LogP contribution in [0, 0.1) is 5.82 Å². The molecule has 0 saturated carbocycles. The molecular formula is C19H17FN4O. The zero-order valence-corrected chi connectivity index (χ0v) is 13.6. The molecule has 0 aliphatic carbocycles. The molecule has 0 saturated heterocycles. The molecule has 0 fully saturated rings. The monoisotopic (exact) mass is 336 g/mol. The number of nitrogens with zero attached hydrogens (tertiary/aromatic N) is 3. The SMILES string of the molecule is CC(NC(=O)/C=C/c1ccccc1F)c1ccc(-n2cncn2)cc1. The maximum absolute atomic E-state index is 13.5. The average Bonchev–Trinajstić information content (AvgIpc) is 3.16. The van der Waals surface area contributed by atoms with Gasteiger partial charge < -0.3 is 5.32 Å². The number of aromatic nitrogens is 3. The lowest BCUT2D eigenvalue weighted by molar-refractivity contribution is -0.117. The summed E-state index contributed by atoms with van der Waals surface area (Å²) in [6.07, 6.45) is 5.89. The lowest BCUT2D eigenvalue weighted by Gasteiger charge is -2.13. The number of benzene rings is 2. The Morgan fingerprint density at radius 3 is 2.64 bits per heavy atom. The van der Waals surface area contributed by atoms with Crippen LogP contribution in [0.25, 0.3) is 11.8 Å². The molecule has 6 heteroatoms. The Balaban J connectivity index is 1.62. The Morgan fingerprint density at radius 1 is 1.20 bits per heavy atom. The van der Waals surface area contributed by atoms with Crippen molar-refractivity contribution in [3.05, 3.63) is 84.2 Å². The zero-order chi connectivity index (χ0) is 17.6. The van der Waals surface area contributed by atoms with Crippen molar-refractivity contribution in [2.45, 2.75) is 13.0 Å². The Morgan fingerprint density at radius 2 is 1.96 bits per heavy atom. The molecule has 5 nitrogen and oxygen atoms in total. The summed E-state index contributed by atoms with van der Waals surface area (Å²) in [5.74, 6) is -0.639. The predicted molar refractivity (Wildman–Crippen MR) is 93.4 cm³/mol. The van der Waals surface area contributed by atoms with Gasteiger partial charge in [0.15, 0.2) is 0 Å². The van der Waals surface area contributed by atoms with E-state index in [1.54, 1.807) is 29.2 Å². The van der Waals surface area contributed by atoms with Gasteiger partial charge in [0, 0.05) is 11.6 Å². The van der Waals surface area contributed by atoms with E-state index in [9.17, 15) is 9.18 Å². The second-order valence-corrected chi connectivity index (χ2v) is 5.52. The molecule has 1 N–H and O–H groups in total. The summed E-state index contributed by atoms with van der Waals surface area (Å²) >= 11 is 0. The molecule has 0 bridgehead atoms. The van der Waals surface area contributed by atoms with Gasteiger partial charge in [0.2, 0.25) is 5.91 Å². The first-order chi connectivity index (χ1) is 12.1. The maximum Gasteiger partial charge on any atom is 0.244 e. The molecule has 25 heavy (non-hydrogen) atoms. The van der Waals surface area contributed by atoms with Gasteiger partial charge in [-0.1, -0.05) is 30.3 Å². The van der Waals surface area contributed by atoms with Crippen molar-refractivity contribution in [3.63, 3.8) is 0 Å². The highest BCUT2D eigenvalue weighted by atomic mass is 19.1. The molecule has 3 aromatic rings. The van der Waals surface area contributed by atoms with Crippen LogP contribution in [0.1, 0.15) is 24.1 Å². The molecule has 0 aliphatic heterocycles. The summed E-state index contributed by atoms with van der Waals surface area (Å²) in [6, 6.07) is 13.8. The fourth-order valence-electron chi connectivity index (χ4n) is 2.38. The standard InChI is InChI=1S/C19H17FN4O/c1-14(15-6-9-17(10-7-15)24-13-21-12-22-24)23-19(25)11-8-16-4-2-3-5-18(16)20/h2-14H,1H3,(H,23,25)/b11-8+. The van der Waals surface area contributed by atoms with Gasteiger partial charge in [0.05, 0.1) is 11.7 Å².